The molecule has 0 spiro atoms. The molecular formula is C13H19N5O. The normalized spacial score (nSPS) is 10.5. The summed E-state index contributed by atoms with van der Waals surface area (Å²) >= 11 is 0. The van der Waals surface area contributed by atoms with Gasteiger partial charge in [0.2, 0.25) is 5.88 Å². The second kappa shape index (κ2) is 6.17. The molecule has 0 unspecified atom stereocenters. The van der Waals surface area contributed by atoms with Gasteiger partial charge in [0.05, 0.1) is 12.3 Å². The van der Waals surface area contributed by atoms with Gasteiger partial charge in [-0.3, -0.25) is 4.68 Å². The Bertz CT molecular complexity index is 538. The van der Waals surface area contributed by atoms with Gasteiger partial charge in [0.1, 0.15) is 12.1 Å². The molecule has 102 valence electrons. The Labute approximate surface area is 112 Å². The molecule has 0 saturated carbocycles. The van der Waals surface area contributed by atoms with Crippen LogP contribution >= 0.6 is 0 Å². The Kier molecular flexibility index (Phi) is 4.33. The van der Waals surface area contributed by atoms with Crippen LogP contribution in [-0.2, 0) is 13.6 Å². The van der Waals surface area contributed by atoms with E-state index in [-0.39, 0.29) is 0 Å². The van der Waals surface area contributed by atoms with Crippen molar-refractivity contribution in [2.45, 2.75) is 26.8 Å². The first-order chi connectivity index (χ1) is 9.19. The molecule has 2 aromatic rings. The molecule has 2 heterocycles. The topological polar surface area (TPSA) is 64.9 Å². The minimum atomic E-state index is 0.599. The molecule has 2 aromatic heterocycles. The van der Waals surface area contributed by atoms with Crippen molar-refractivity contribution in [2.75, 3.05) is 11.9 Å². The van der Waals surface area contributed by atoms with Crippen molar-refractivity contribution >= 4 is 5.82 Å². The van der Waals surface area contributed by atoms with E-state index >= 15 is 0 Å². The van der Waals surface area contributed by atoms with Crippen LogP contribution in [0.1, 0.15) is 24.6 Å². The molecule has 6 nitrogen and oxygen atoms in total. The average Bonchev–Trinajstić information content (AvgIpc) is 2.73. The maximum atomic E-state index is 5.47. The number of aryl methyl sites for hydroxylation is 2. The third kappa shape index (κ3) is 3.67. The fourth-order valence-corrected chi connectivity index (χ4v) is 1.73. The van der Waals surface area contributed by atoms with Gasteiger partial charge in [-0.1, -0.05) is 6.92 Å². The number of nitrogens with zero attached hydrogens (tertiary/aromatic N) is 4. The van der Waals surface area contributed by atoms with Crippen LogP contribution in [0.25, 0.3) is 0 Å². The summed E-state index contributed by atoms with van der Waals surface area (Å²) in [5.41, 5.74) is 2.17. The van der Waals surface area contributed by atoms with Gasteiger partial charge in [-0.2, -0.15) is 5.10 Å². The van der Waals surface area contributed by atoms with Gasteiger partial charge in [0, 0.05) is 31.4 Å². The summed E-state index contributed by atoms with van der Waals surface area (Å²) in [5, 5.41) is 7.55. The monoisotopic (exact) mass is 261 g/mol. The van der Waals surface area contributed by atoms with Crippen molar-refractivity contribution in [2.24, 2.45) is 7.05 Å². The molecule has 2 rings (SSSR count). The third-order valence-corrected chi connectivity index (χ3v) is 2.67. The van der Waals surface area contributed by atoms with Crippen LogP contribution in [0.2, 0.25) is 0 Å². The molecule has 0 atom stereocenters. The van der Waals surface area contributed by atoms with Crippen LogP contribution in [0.4, 0.5) is 5.82 Å². The van der Waals surface area contributed by atoms with E-state index in [0.717, 1.165) is 23.5 Å². The first-order valence-electron chi connectivity index (χ1n) is 6.37. The fourth-order valence-electron chi connectivity index (χ4n) is 1.73. The zero-order valence-electron chi connectivity index (χ0n) is 11.6. The molecular weight excluding hydrogens is 242 g/mol. The number of hydrogen-bond acceptors (Lipinski definition) is 5. The van der Waals surface area contributed by atoms with Crippen LogP contribution in [0.3, 0.4) is 0 Å². The number of ether oxygens (including phenoxy) is 1. The molecule has 0 aromatic carbocycles. The van der Waals surface area contributed by atoms with Gasteiger partial charge in [-0.05, 0) is 13.3 Å². The van der Waals surface area contributed by atoms with Gasteiger partial charge in [-0.25, -0.2) is 9.97 Å². The minimum Gasteiger partial charge on any atom is -0.478 e. The number of aromatic nitrogens is 4. The van der Waals surface area contributed by atoms with E-state index < -0.39 is 0 Å². The molecule has 0 amide bonds. The SMILES string of the molecule is CCCOc1cc(NCc2cn(C)nc2C)ncn1. The van der Waals surface area contributed by atoms with E-state index in [2.05, 4.69) is 27.3 Å². The highest BCUT2D eigenvalue weighted by atomic mass is 16.5. The van der Waals surface area contributed by atoms with Crippen molar-refractivity contribution in [3.63, 3.8) is 0 Å². The van der Waals surface area contributed by atoms with E-state index in [0.29, 0.717) is 19.0 Å². The molecule has 0 radical (unpaired) electrons. The molecule has 0 aliphatic rings. The van der Waals surface area contributed by atoms with Crippen molar-refractivity contribution in [3.8, 4) is 5.88 Å². The molecule has 0 bridgehead atoms. The highest BCUT2D eigenvalue weighted by molar-refractivity contribution is 5.38. The highest BCUT2D eigenvalue weighted by Gasteiger charge is 2.04. The lowest BCUT2D eigenvalue weighted by atomic mass is 10.2. The van der Waals surface area contributed by atoms with Crippen molar-refractivity contribution in [1.82, 2.24) is 19.7 Å². The minimum absolute atomic E-state index is 0.599. The zero-order chi connectivity index (χ0) is 13.7. The van der Waals surface area contributed by atoms with Gasteiger partial charge in [-0.15, -0.1) is 0 Å². The quantitative estimate of drug-likeness (QED) is 0.860. The lowest BCUT2D eigenvalue weighted by Crippen LogP contribution is -2.04. The van der Waals surface area contributed by atoms with Gasteiger partial charge < -0.3 is 10.1 Å². The average molecular weight is 261 g/mol. The van der Waals surface area contributed by atoms with Crippen LogP contribution in [0.15, 0.2) is 18.6 Å². The van der Waals surface area contributed by atoms with Crippen LogP contribution in [-0.4, -0.2) is 26.4 Å². The first kappa shape index (κ1) is 13.3. The Morgan fingerprint density at radius 2 is 2.21 bits per heavy atom. The second-order valence-corrected chi connectivity index (χ2v) is 4.36. The van der Waals surface area contributed by atoms with E-state index in [1.165, 1.54) is 6.33 Å². The molecule has 0 saturated heterocycles. The standard InChI is InChI=1S/C13H19N5O/c1-4-5-19-13-6-12(15-9-16-13)14-7-11-8-18(3)17-10(11)2/h6,8-9H,4-5,7H2,1-3H3,(H,14,15,16). The molecule has 0 fully saturated rings. The van der Waals surface area contributed by atoms with E-state index in [1.807, 2.05) is 24.9 Å². The van der Waals surface area contributed by atoms with Crippen molar-refractivity contribution in [1.29, 1.82) is 0 Å². The summed E-state index contributed by atoms with van der Waals surface area (Å²) in [6, 6.07) is 1.81. The predicted octanol–water partition coefficient (Wildman–Crippen LogP) is 1.92. The Balaban J connectivity index is 1.97. The van der Waals surface area contributed by atoms with Crippen molar-refractivity contribution < 1.29 is 4.74 Å². The summed E-state index contributed by atoms with van der Waals surface area (Å²) in [6.45, 7) is 5.40. The second-order valence-electron chi connectivity index (χ2n) is 4.36. The van der Waals surface area contributed by atoms with Gasteiger partial charge in [0.15, 0.2) is 0 Å². The smallest absolute Gasteiger partial charge is 0.218 e. The lowest BCUT2D eigenvalue weighted by molar-refractivity contribution is 0.305. The zero-order valence-corrected chi connectivity index (χ0v) is 11.6. The Hall–Kier alpha value is -2.11. The van der Waals surface area contributed by atoms with Crippen LogP contribution < -0.4 is 10.1 Å². The summed E-state index contributed by atoms with van der Waals surface area (Å²) < 4.78 is 7.28. The molecule has 1 N–H and O–H groups in total. The number of hydrogen-bond donors (Lipinski definition) is 1. The molecule has 19 heavy (non-hydrogen) atoms. The summed E-state index contributed by atoms with van der Waals surface area (Å²) in [6.07, 6.45) is 4.46. The third-order valence-electron chi connectivity index (χ3n) is 2.67. The number of nitrogens with one attached hydrogen (secondary N) is 1. The maximum absolute atomic E-state index is 5.47. The van der Waals surface area contributed by atoms with E-state index in [9.17, 15) is 0 Å². The van der Waals surface area contributed by atoms with Crippen molar-refractivity contribution in [3.05, 3.63) is 29.8 Å². The summed E-state index contributed by atoms with van der Waals surface area (Å²) in [4.78, 5) is 8.23. The van der Waals surface area contributed by atoms with Gasteiger partial charge in [0.25, 0.3) is 0 Å². The number of rotatable bonds is 6. The Morgan fingerprint density at radius 3 is 2.89 bits per heavy atom. The first-order valence-corrected chi connectivity index (χ1v) is 6.37. The van der Waals surface area contributed by atoms with Crippen LogP contribution in [0.5, 0.6) is 5.88 Å². The van der Waals surface area contributed by atoms with Crippen LogP contribution in [0, 0.1) is 6.92 Å². The summed E-state index contributed by atoms with van der Waals surface area (Å²) in [5.74, 6) is 1.35. The largest absolute Gasteiger partial charge is 0.478 e. The van der Waals surface area contributed by atoms with Gasteiger partial charge >= 0.3 is 0 Å². The fraction of sp³-hybridized carbons (Fsp3) is 0.462. The highest BCUT2D eigenvalue weighted by Crippen LogP contribution is 2.13. The molecule has 6 heteroatoms. The lowest BCUT2D eigenvalue weighted by Gasteiger charge is -2.07. The summed E-state index contributed by atoms with van der Waals surface area (Å²) in [7, 11) is 1.91. The molecule has 0 aliphatic carbocycles. The van der Waals surface area contributed by atoms with E-state index in [1.54, 1.807) is 6.07 Å². The molecule has 0 aliphatic heterocycles. The number of anilines is 1. The van der Waals surface area contributed by atoms with E-state index in [4.69, 9.17) is 4.74 Å². The predicted molar refractivity (Wildman–Crippen MR) is 73.1 cm³/mol. The maximum Gasteiger partial charge on any atom is 0.218 e. The Morgan fingerprint density at radius 1 is 1.37 bits per heavy atom.